The maximum atomic E-state index is 12.3. The lowest BCUT2D eigenvalue weighted by molar-refractivity contribution is 0.601. The van der Waals surface area contributed by atoms with E-state index < -0.39 is 10.0 Å². The number of benzene rings is 2. The second-order valence-electron chi connectivity index (χ2n) is 4.23. The fourth-order valence-electron chi connectivity index (χ4n) is 1.67. The molecule has 0 bridgehead atoms. The van der Waals surface area contributed by atoms with Gasteiger partial charge in [0.05, 0.1) is 10.7 Å². The molecule has 0 aliphatic rings. The third-order valence-corrected chi connectivity index (χ3v) is 5.47. The highest BCUT2D eigenvalue weighted by molar-refractivity contribution is 9.10. The fourth-order valence-corrected chi connectivity index (χ4v) is 3.78. The maximum Gasteiger partial charge on any atom is 0.265 e. The first kappa shape index (κ1) is 15.2. The average molecular weight is 376 g/mol. The van der Waals surface area contributed by atoms with Crippen LogP contribution in [-0.4, -0.2) is 8.42 Å². The molecule has 2 aromatic carbocycles. The van der Waals surface area contributed by atoms with Gasteiger partial charge in [-0.25, -0.2) is 8.42 Å². The maximum absolute atomic E-state index is 12.3. The second kappa shape index (κ2) is 5.63. The van der Waals surface area contributed by atoms with Crippen molar-refractivity contribution in [1.82, 2.24) is 0 Å². The van der Waals surface area contributed by atoms with E-state index in [4.69, 9.17) is 17.3 Å². The highest BCUT2D eigenvalue weighted by Gasteiger charge is 2.21. The minimum absolute atomic E-state index is 0.0867. The number of halogens is 2. The number of rotatable bonds is 3. The van der Waals surface area contributed by atoms with Crippen molar-refractivity contribution in [2.45, 2.75) is 11.8 Å². The molecule has 0 radical (unpaired) electrons. The van der Waals surface area contributed by atoms with Gasteiger partial charge in [0.15, 0.2) is 0 Å². The molecular formula is C13H12BrClN2O2S. The van der Waals surface area contributed by atoms with Crippen LogP contribution in [0.3, 0.4) is 0 Å². The largest absolute Gasteiger partial charge is 0.398 e. The second-order valence-corrected chi connectivity index (χ2v) is 7.11. The van der Waals surface area contributed by atoms with Crippen molar-refractivity contribution in [2.24, 2.45) is 0 Å². The Morgan fingerprint density at radius 2 is 1.95 bits per heavy atom. The molecule has 0 saturated carbocycles. The Morgan fingerprint density at radius 1 is 1.25 bits per heavy atom. The number of aryl methyl sites for hydroxylation is 1. The Kier molecular flexibility index (Phi) is 4.27. The zero-order chi connectivity index (χ0) is 14.9. The van der Waals surface area contributed by atoms with Crippen LogP contribution in [0.1, 0.15) is 5.56 Å². The molecule has 0 aromatic heterocycles. The molecule has 0 unspecified atom stereocenters. The third-order valence-electron chi connectivity index (χ3n) is 2.69. The molecule has 2 aromatic rings. The topological polar surface area (TPSA) is 72.2 Å². The first-order chi connectivity index (χ1) is 9.31. The van der Waals surface area contributed by atoms with Crippen LogP contribution in [0.15, 0.2) is 45.8 Å². The predicted molar refractivity (Wildman–Crippen MR) is 85.6 cm³/mol. The van der Waals surface area contributed by atoms with E-state index >= 15 is 0 Å². The molecule has 2 rings (SSSR count). The lowest BCUT2D eigenvalue weighted by Gasteiger charge is -2.12. The number of hydrogen-bond donors (Lipinski definition) is 2. The van der Waals surface area contributed by atoms with E-state index in [1.165, 1.54) is 12.1 Å². The van der Waals surface area contributed by atoms with E-state index in [-0.39, 0.29) is 15.6 Å². The summed E-state index contributed by atoms with van der Waals surface area (Å²) in [7, 11) is -3.83. The van der Waals surface area contributed by atoms with E-state index in [0.29, 0.717) is 5.69 Å². The smallest absolute Gasteiger partial charge is 0.265 e. The Balaban J connectivity index is 2.43. The van der Waals surface area contributed by atoms with Gasteiger partial charge in [-0.15, -0.1) is 0 Å². The van der Waals surface area contributed by atoms with E-state index in [2.05, 4.69) is 20.7 Å². The Bertz CT molecular complexity index is 743. The Morgan fingerprint density at radius 3 is 2.55 bits per heavy atom. The molecule has 7 heteroatoms. The van der Waals surface area contributed by atoms with Gasteiger partial charge in [0.1, 0.15) is 4.90 Å². The van der Waals surface area contributed by atoms with Gasteiger partial charge in [-0.2, -0.15) is 0 Å². The number of hydrogen-bond acceptors (Lipinski definition) is 3. The van der Waals surface area contributed by atoms with Crippen molar-refractivity contribution in [3.63, 3.8) is 0 Å². The lowest BCUT2D eigenvalue weighted by Crippen LogP contribution is -2.15. The van der Waals surface area contributed by atoms with Crippen molar-refractivity contribution in [3.05, 3.63) is 51.5 Å². The average Bonchev–Trinajstić information content (AvgIpc) is 2.33. The normalized spacial score (nSPS) is 11.3. The molecule has 20 heavy (non-hydrogen) atoms. The molecule has 0 aliphatic heterocycles. The first-order valence-corrected chi connectivity index (χ1v) is 8.29. The molecule has 0 aliphatic carbocycles. The highest BCUT2D eigenvalue weighted by atomic mass is 79.9. The summed E-state index contributed by atoms with van der Waals surface area (Å²) in [5.41, 5.74) is 7.25. The van der Waals surface area contributed by atoms with Crippen molar-refractivity contribution in [3.8, 4) is 0 Å². The number of anilines is 2. The van der Waals surface area contributed by atoms with E-state index in [0.717, 1.165) is 10.0 Å². The van der Waals surface area contributed by atoms with E-state index in [1.54, 1.807) is 24.3 Å². The van der Waals surface area contributed by atoms with Gasteiger partial charge in [-0.05, 0) is 36.8 Å². The molecule has 4 nitrogen and oxygen atoms in total. The Hall–Kier alpha value is -1.24. The van der Waals surface area contributed by atoms with Crippen molar-refractivity contribution in [1.29, 1.82) is 0 Å². The van der Waals surface area contributed by atoms with Gasteiger partial charge in [0, 0.05) is 10.2 Å². The summed E-state index contributed by atoms with van der Waals surface area (Å²) in [5, 5.41) is 0.0867. The molecule has 3 N–H and O–H groups in total. The van der Waals surface area contributed by atoms with Crippen molar-refractivity contribution in [2.75, 3.05) is 10.5 Å². The van der Waals surface area contributed by atoms with Crippen LogP contribution in [0, 0.1) is 6.92 Å². The number of nitrogens with one attached hydrogen (secondary N) is 1. The SMILES string of the molecule is Cc1ccc(NS(=O)(=O)c2c(N)cccc2Cl)cc1Br. The van der Waals surface area contributed by atoms with Crippen LogP contribution in [0.4, 0.5) is 11.4 Å². The van der Waals surface area contributed by atoms with E-state index in [9.17, 15) is 8.42 Å². The summed E-state index contributed by atoms with van der Waals surface area (Å²) in [6.45, 7) is 1.91. The van der Waals surface area contributed by atoms with Gasteiger partial charge in [0.25, 0.3) is 10.0 Å². The van der Waals surface area contributed by atoms with Gasteiger partial charge in [0.2, 0.25) is 0 Å². The van der Waals surface area contributed by atoms with Crippen LogP contribution >= 0.6 is 27.5 Å². The monoisotopic (exact) mass is 374 g/mol. The third kappa shape index (κ3) is 3.08. The van der Waals surface area contributed by atoms with Gasteiger partial charge >= 0.3 is 0 Å². The number of nitrogen functional groups attached to an aromatic ring is 1. The van der Waals surface area contributed by atoms with Gasteiger partial charge in [-0.3, -0.25) is 4.72 Å². The number of nitrogens with two attached hydrogens (primary N) is 1. The molecule has 0 atom stereocenters. The van der Waals surface area contributed by atoms with Crippen LogP contribution in [-0.2, 0) is 10.0 Å². The van der Waals surface area contributed by atoms with Gasteiger partial charge < -0.3 is 5.73 Å². The lowest BCUT2D eigenvalue weighted by atomic mass is 10.2. The zero-order valence-corrected chi connectivity index (χ0v) is 13.7. The quantitative estimate of drug-likeness (QED) is 0.802. The summed E-state index contributed by atoms with van der Waals surface area (Å²) in [6.07, 6.45) is 0. The molecule has 106 valence electrons. The standard InChI is InChI=1S/C13H12BrClN2O2S/c1-8-5-6-9(7-10(8)14)17-20(18,19)13-11(15)3-2-4-12(13)16/h2-7,17H,16H2,1H3. The van der Waals surface area contributed by atoms with Crippen molar-refractivity contribution < 1.29 is 8.42 Å². The van der Waals surface area contributed by atoms with Crippen LogP contribution < -0.4 is 10.5 Å². The first-order valence-electron chi connectivity index (χ1n) is 5.64. The molecular weight excluding hydrogens is 364 g/mol. The van der Waals surface area contributed by atoms with Crippen LogP contribution in [0.2, 0.25) is 5.02 Å². The number of sulfonamides is 1. The summed E-state index contributed by atoms with van der Waals surface area (Å²) in [4.78, 5) is -0.113. The summed E-state index contributed by atoms with van der Waals surface area (Å²) in [5.74, 6) is 0. The molecule has 0 saturated heterocycles. The van der Waals surface area contributed by atoms with Gasteiger partial charge in [-0.1, -0.05) is 39.7 Å². The molecule has 0 heterocycles. The minimum atomic E-state index is -3.83. The molecule has 0 fully saturated rings. The van der Waals surface area contributed by atoms with Crippen molar-refractivity contribution >= 4 is 48.9 Å². The summed E-state index contributed by atoms with van der Waals surface area (Å²) in [6, 6.07) is 9.73. The molecule has 0 spiro atoms. The Labute approximate surface area is 131 Å². The van der Waals surface area contributed by atoms with Crippen LogP contribution in [0.25, 0.3) is 0 Å². The van der Waals surface area contributed by atoms with E-state index in [1.807, 2.05) is 6.92 Å². The summed E-state index contributed by atoms with van der Waals surface area (Å²) >= 11 is 9.28. The summed E-state index contributed by atoms with van der Waals surface area (Å²) < 4.78 is 28.0. The molecule has 0 amide bonds. The van der Waals surface area contributed by atoms with Crippen LogP contribution in [0.5, 0.6) is 0 Å². The zero-order valence-electron chi connectivity index (χ0n) is 10.5. The minimum Gasteiger partial charge on any atom is -0.398 e. The fraction of sp³-hybridized carbons (Fsp3) is 0.0769. The highest BCUT2D eigenvalue weighted by Crippen LogP contribution is 2.29. The predicted octanol–water partition coefficient (Wildman–Crippen LogP) is 3.79.